The molecule has 0 aliphatic heterocycles. The second kappa shape index (κ2) is 41.6. The number of hydrogen-bond acceptors (Lipinski definition) is 6. The van der Waals surface area contributed by atoms with Crippen LogP contribution in [0, 0.1) is 0 Å². The average molecular weight is 733 g/mol. The Morgan fingerprint density at radius 2 is 0.692 bits per heavy atom. The third kappa shape index (κ3) is 39.1. The molecule has 0 aromatic heterocycles. The zero-order chi connectivity index (χ0) is 38.0. The van der Waals surface area contributed by atoms with Crippen molar-refractivity contribution >= 4 is 17.9 Å². The van der Waals surface area contributed by atoms with Gasteiger partial charge in [-0.1, -0.05) is 180 Å². The molecule has 0 rings (SSSR count). The van der Waals surface area contributed by atoms with Crippen molar-refractivity contribution in [3.05, 3.63) is 24.3 Å². The summed E-state index contributed by atoms with van der Waals surface area (Å²) in [5, 5.41) is 0. The largest absolute Gasteiger partial charge is 0.462 e. The van der Waals surface area contributed by atoms with E-state index in [1.54, 1.807) is 0 Å². The van der Waals surface area contributed by atoms with Gasteiger partial charge in [0.1, 0.15) is 13.2 Å². The van der Waals surface area contributed by atoms with E-state index in [0.29, 0.717) is 19.3 Å². The Kier molecular flexibility index (Phi) is 40.0. The van der Waals surface area contributed by atoms with E-state index in [-0.39, 0.29) is 31.1 Å². The van der Waals surface area contributed by atoms with Crippen molar-refractivity contribution in [2.24, 2.45) is 0 Å². The van der Waals surface area contributed by atoms with Crippen LogP contribution in [0.5, 0.6) is 0 Å². The molecule has 0 aromatic rings. The summed E-state index contributed by atoms with van der Waals surface area (Å²) in [5.74, 6) is -0.893. The monoisotopic (exact) mass is 733 g/mol. The van der Waals surface area contributed by atoms with Gasteiger partial charge >= 0.3 is 17.9 Å². The average Bonchev–Trinajstić information content (AvgIpc) is 3.14. The smallest absolute Gasteiger partial charge is 0.306 e. The van der Waals surface area contributed by atoms with Gasteiger partial charge in [-0.05, 0) is 57.8 Å². The maximum atomic E-state index is 12.7. The molecule has 0 N–H and O–H groups in total. The molecule has 0 fully saturated rings. The number of carbonyl (C=O) groups is 3. The lowest BCUT2D eigenvalue weighted by Gasteiger charge is -2.18. The first-order chi connectivity index (χ1) is 25.5. The Balaban J connectivity index is 4.36. The van der Waals surface area contributed by atoms with Gasteiger partial charge in [0.05, 0.1) is 0 Å². The molecule has 0 aliphatic rings. The fourth-order valence-corrected chi connectivity index (χ4v) is 6.25. The van der Waals surface area contributed by atoms with Gasteiger partial charge in [0.2, 0.25) is 0 Å². The van der Waals surface area contributed by atoms with Crippen molar-refractivity contribution in [1.82, 2.24) is 0 Å². The molecule has 1 atom stereocenters. The van der Waals surface area contributed by atoms with E-state index in [2.05, 4.69) is 45.1 Å². The standard InChI is InChI=1S/C46H84O6/c1-4-7-10-13-16-19-22-23-25-27-30-33-36-39-45(48)51-42-43(41-50-44(47)38-35-32-29-26-21-18-15-12-9-6-3)52-46(49)40-37-34-31-28-24-20-17-14-11-8-5-2/h12,14-15,17,43H,4-11,13,16,18-42H2,1-3H3/b15-12-,17-14-. The van der Waals surface area contributed by atoms with E-state index in [9.17, 15) is 14.4 Å². The Morgan fingerprint density at radius 1 is 0.365 bits per heavy atom. The molecule has 0 amide bonds. The van der Waals surface area contributed by atoms with Gasteiger partial charge < -0.3 is 14.2 Å². The van der Waals surface area contributed by atoms with E-state index in [4.69, 9.17) is 14.2 Å². The molecule has 0 aliphatic carbocycles. The summed E-state index contributed by atoms with van der Waals surface area (Å²) in [4.78, 5) is 37.6. The minimum Gasteiger partial charge on any atom is -0.462 e. The van der Waals surface area contributed by atoms with Gasteiger partial charge in [-0.15, -0.1) is 0 Å². The predicted molar refractivity (Wildman–Crippen MR) is 219 cm³/mol. The fourth-order valence-electron chi connectivity index (χ4n) is 6.25. The SMILES string of the molecule is CCC/C=C\CCCCCCCC(=O)OCC(COC(=O)CCCCCCCCCCCCCCC)OC(=O)CCCCCCC/C=C\CCCC. The lowest BCUT2D eigenvalue weighted by Crippen LogP contribution is -2.30. The highest BCUT2D eigenvalue weighted by Gasteiger charge is 2.19. The van der Waals surface area contributed by atoms with E-state index >= 15 is 0 Å². The molecule has 0 heterocycles. The predicted octanol–water partition coefficient (Wildman–Crippen LogP) is 14.0. The van der Waals surface area contributed by atoms with Crippen molar-refractivity contribution in [2.45, 2.75) is 239 Å². The molecule has 0 radical (unpaired) electrons. The molecule has 0 aromatic carbocycles. The van der Waals surface area contributed by atoms with E-state index < -0.39 is 6.10 Å². The summed E-state index contributed by atoms with van der Waals surface area (Å²) in [7, 11) is 0. The van der Waals surface area contributed by atoms with Crippen LogP contribution in [0.3, 0.4) is 0 Å². The summed E-state index contributed by atoms with van der Waals surface area (Å²) in [6, 6.07) is 0. The van der Waals surface area contributed by atoms with Crippen molar-refractivity contribution < 1.29 is 28.6 Å². The van der Waals surface area contributed by atoms with Crippen molar-refractivity contribution in [3.63, 3.8) is 0 Å². The lowest BCUT2D eigenvalue weighted by molar-refractivity contribution is -0.167. The molecular formula is C46H84O6. The summed E-state index contributed by atoms with van der Waals surface area (Å²) >= 11 is 0. The number of unbranched alkanes of at least 4 members (excludes halogenated alkanes) is 25. The molecule has 52 heavy (non-hydrogen) atoms. The second-order valence-electron chi connectivity index (χ2n) is 15.0. The molecule has 0 saturated carbocycles. The maximum Gasteiger partial charge on any atom is 0.306 e. The number of esters is 3. The van der Waals surface area contributed by atoms with E-state index in [0.717, 1.165) is 83.5 Å². The quantitative estimate of drug-likeness (QED) is 0.0270. The third-order valence-corrected chi connectivity index (χ3v) is 9.66. The van der Waals surface area contributed by atoms with Crippen LogP contribution in [0.25, 0.3) is 0 Å². The molecule has 6 heteroatoms. The first kappa shape index (κ1) is 49.9. The summed E-state index contributed by atoms with van der Waals surface area (Å²) in [5.41, 5.74) is 0. The number of ether oxygens (including phenoxy) is 3. The first-order valence-corrected chi connectivity index (χ1v) is 22.3. The van der Waals surface area contributed by atoms with Crippen molar-refractivity contribution in [2.75, 3.05) is 13.2 Å². The van der Waals surface area contributed by atoms with Gasteiger partial charge in [-0.3, -0.25) is 14.4 Å². The molecule has 0 saturated heterocycles. The number of hydrogen-bond donors (Lipinski definition) is 0. The van der Waals surface area contributed by atoms with Crippen LogP contribution < -0.4 is 0 Å². The Labute approximate surface area is 322 Å². The minimum absolute atomic E-state index is 0.0746. The summed E-state index contributed by atoms with van der Waals surface area (Å²) in [6.45, 7) is 6.52. The van der Waals surface area contributed by atoms with Crippen molar-refractivity contribution in [3.8, 4) is 0 Å². The highest BCUT2D eigenvalue weighted by atomic mass is 16.6. The Bertz CT molecular complexity index is 850. The first-order valence-electron chi connectivity index (χ1n) is 22.3. The van der Waals surface area contributed by atoms with Crippen LogP contribution in [-0.4, -0.2) is 37.2 Å². The molecule has 0 spiro atoms. The van der Waals surface area contributed by atoms with Crippen LogP contribution in [-0.2, 0) is 28.6 Å². The van der Waals surface area contributed by atoms with Crippen molar-refractivity contribution in [1.29, 1.82) is 0 Å². The minimum atomic E-state index is -0.771. The van der Waals surface area contributed by atoms with Crippen LogP contribution in [0.15, 0.2) is 24.3 Å². The molecule has 0 bridgehead atoms. The van der Waals surface area contributed by atoms with Crippen LogP contribution in [0.1, 0.15) is 233 Å². The molecular weight excluding hydrogens is 648 g/mol. The Hall–Kier alpha value is -2.11. The fraction of sp³-hybridized carbons (Fsp3) is 0.848. The molecule has 6 nitrogen and oxygen atoms in total. The topological polar surface area (TPSA) is 78.9 Å². The van der Waals surface area contributed by atoms with Crippen LogP contribution in [0.2, 0.25) is 0 Å². The molecule has 304 valence electrons. The normalized spacial score (nSPS) is 12.1. The van der Waals surface area contributed by atoms with Gasteiger partial charge in [0.15, 0.2) is 6.10 Å². The maximum absolute atomic E-state index is 12.7. The van der Waals surface area contributed by atoms with Crippen LogP contribution in [0.4, 0.5) is 0 Å². The summed E-state index contributed by atoms with van der Waals surface area (Å²) < 4.78 is 16.7. The van der Waals surface area contributed by atoms with Gasteiger partial charge in [0.25, 0.3) is 0 Å². The number of allylic oxidation sites excluding steroid dienone is 4. The highest BCUT2D eigenvalue weighted by Crippen LogP contribution is 2.15. The third-order valence-electron chi connectivity index (χ3n) is 9.66. The van der Waals surface area contributed by atoms with E-state index in [1.165, 1.54) is 109 Å². The zero-order valence-electron chi connectivity index (χ0n) is 34.6. The van der Waals surface area contributed by atoms with Gasteiger partial charge in [-0.25, -0.2) is 0 Å². The van der Waals surface area contributed by atoms with Gasteiger partial charge in [-0.2, -0.15) is 0 Å². The second-order valence-corrected chi connectivity index (χ2v) is 15.0. The molecule has 1 unspecified atom stereocenters. The number of carbonyl (C=O) groups excluding carboxylic acids is 3. The lowest BCUT2D eigenvalue weighted by atomic mass is 10.0. The highest BCUT2D eigenvalue weighted by molar-refractivity contribution is 5.71. The number of rotatable bonds is 40. The van der Waals surface area contributed by atoms with Crippen LogP contribution >= 0.6 is 0 Å². The Morgan fingerprint density at radius 3 is 1.10 bits per heavy atom. The summed E-state index contributed by atoms with van der Waals surface area (Å²) in [6.07, 6.45) is 44.4. The zero-order valence-corrected chi connectivity index (χ0v) is 34.6. The van der Waals surface area contributed by atoms with Gasteiger partial charge in [0, 0.05) is 19.3 Å². The van der Waals surface area contributed by atoms with E-state index in [1.807, 2.05) is 0 Å².